The minimum atomic E-state index is -1.03. The van der Waals surface area contributed by atoms with Gasteiger partial charge in [0, 0.05) is 30.1 Å². The number of aliphatic carboxylic acids is 1. The van der Waals surface area contributed by atoms with Crippen LogP contribution in [0.25, 0.3) is 0 Å². The van der Waals surface area contributed by atoms with E-state index in [0.29, 0.717) is 11.4 Å². The third-order valence-corrected chi connectivity index (χ3v) is 5.49. The molecule has 2 heterocycles. The lowest BCUT2D eigenvalue weighted by Gasteiger charge is -2.24. The smallest absolute Gasteiger partial charge is 0.335 e. The Hall–Kier alpha value is -4.99. The highest BCUT2D eigenvalue weighted by Crippen LogP contribution is 2.30. The second-order valence-electron chi connectivity index (χ2n) is 7.66. The molecule has 0 spiro atoms. The number of nitrogens with zero attached hydrogens (tertiary/aromatic N) is 2. The number of rotatable bonds is 7. The number of aromatic hydroxyl groups is 1. The number of pyridine rings is 1. The number of nitrogens with one attached hydrogen (secondary N) is 1. The van der Waals surface area contributed by atoms with Gasteiger partial charge in [0.2, 0.25) is 0 Å². The van der Waals surface area contributed by atoms with Crippen LogP contribution in [0.2, 0.25) is 0 Å². The summed E-state index contributed by atoms with van der Waals surface area (Å²) < 4.78 is 19.4. The first-order valence-electron chi connectivity index (χ1n) is 10.6. The molecular formula is C26H20FN3O6. The van der Waals surface area contributed by atoms with Crippen molar-refractivity contribution >= 4 is 29.0 Å². The Bertz CT molecular complexity index is 1420. The number of hydrogen-bond donors (Lipinski definition) is 3. The van der Waals surface area contributed by atoms with Crippen molar-refractivity contribution in [3.63, 3.8) is 0 Å². The van der Waals surface area contributed by atoms with Crippen LogP contribution in [0.4, 0.5) is 15.8 Å². The molecular weight excluding hydrogens is 469 g/mol. The summed E-state index contributed by atoms with van der Waals surface area (Å²) in [6, 6.07) is 9.50. The van der Waals surface area contributed by atoms with E-state index in [1.807, 2.05) is 0 Å². The fourth-order valence-electron chi connectivity index (χ4n) is 3.59. The van der Waals surface area contributed by atoms with Crippen molar-refractivity contribution in [2.24, 2.45) is 0 Å². The van der Waals surface area contributed by atoms with Crippen molar-refractivity contribution in [2.45, 2.75) is 0 Å². The first-order valence-corrected chi connectivity index (χ1v) is 10.6. The van der Waals surface area contributed by atoms with Crippen molar-refractivity contribution in [1.29, 1.82) is 0 Å². The number of carboxylic acid groups (broad SMARTS) is 1. The van der Waals surface area contributed by atoms with E-state index in [9.17, 15) is 23.9 Å². The Balaban J connectivity index is 1.52. The van der Waals surface area contributed by atoms with Crippen LogP contribution in [0, 0.1) is 5.82 Å². The number of carbonyl (C=O) groups excluding carboxylic acids is 2. The molecule has 0 radical (unpaired) electrons. The summed E-state index contributed by atoms with van der Waals surface area (Å²) in [7, 11) is 1.25. The fraction of sp³-hybridized carbons (Fsp3) is 0.0769. The molecule has 1 aliphatic rings. The fourth-order valence-corrected chi connectivity index (χ4v) is 3.59. The van der Waals surface area contributed by atoms with E-state index >= 15 is 0 Å². The number of phenols is 1. The highest BCUT2D eigenvalue weighted by molar-refractivity contribution is 6.12. The molecule has 182 valence electrons. The maximum Gasteiger partial charge on any atom is 0.335 e. The lowest BCUT2D eigenvalue weighted by atomic mass is 10.00. The summed E-state index contributed by atoms with van der Waals surface area (Å²) in [5, 5.41) is 21.9. The first-order chi connectivity index (χ1) is 17.3. The van der Waals surface area contributed by atoms with Crippen LogP contribution in [0.1, 0.15) is 26.3 Å². The molecule has 9 nitrogen and oxygen atoms in total. The molecule has 4 rings (SSSR count). The van der Waals surface area contributed by atoms with E-state index in [4.69, 9.17) is 9.84 Å². The number of carbonyl (C=O) groups is 3. The average molecular weight is 489 g/mol. The van der Waals surface area contributed by atoms with Crippen LogP contribution in [0.15, 0.2) is 78.8 Å². The van der Waals surface area contributed by atoms with E-state index in [-0.39, 0.29) is 29.0 Å². The van der Waals surface area contributed by atoms with E-state index in [1.165, 1.54) is 62.0 Å². The number of benzene rings is 2. The summed E-state index contributed by atoms with van der Waals surface area (Å²) in [6.07, 6.45) is 7.62. The summed E-state index contributed by atoms with van der Waals surface area (Å²) >= 11 is 0. The predicted octanol–water partition coefficient (Wildman–Crippen LogP) is 3.76. The van der Waals surface area contributed by atoms with Crippen LogP contribution >= 0.6 is 0 Å². The van der Waals surface area contributed by atoms with Crippen molar-refractivity contribution < 1.29 is 33.7 Å². The second-order valence-corrected chi connectivity index (χ2v) is 7.66. The van der Waals surface area contributed by atoms with Crippen LogP contribution in [0.5, 0.6) is 11.5 Å². The SMILES string of the molecule is COc1ccc(O)c(C(=O)c2ccc(C(=O)Nc3ccncc3N3C=CC(C(=O)O)=CC3)cc2)c1F. The number of ketones is 1. The summed E-state index contributed by atoms with van der Waals surface area (Å²) in [5.74, 6) is -3.96. The second kappa shape index (κ2) is 10.1. The van der Waals surface area contributed by atoms with Gasteiger partial charge in [-0.15, -0.1) is 0 Å². The minimum absolute atomic E-state index is 0.0677. The van der Waals surface area contributed by atoms with Crippen LogP contribution in [-0.4, -0.2) is 46.5 Å². The molecule has 0 fully saturated rings. The predicted molar refractivity (Wildman–Crippen MR) is 129 cm³/mol. The number of phenolic OH excluding ortho intramolecular Hbond substituents is 1. The van der Waals surface area contributed by atoms with E-state index < -0.39 is 34.8 Å². The van der Waals surface area contributed by atoms with Gasteiger partial charge in [-0.3, -0.25) is 14.6 Å². The quantitative estimate of drug-likeness (QED) is 0.428. The lowest BCUT2D eigenvalue weighted by molar-refractivity contribution is -0.132. The molecule has 0 saturated heterocycles. The van der Waals surface area contributed by atoms with Crippen LogP contribution in [0.3, 0.4) is 0 Å². The zero-order chi connectivity index (χ0) is 25.8. The molecule has 0 saturated carbocycles. The molecule has 36 heavy (non-hydrogen) atoms. The molecule has 1 aromatic heterocycles. The zero-order valence-corrected chi connectivity index (χ0v) is 18.9. The van der Waals surface area contributed by atoms with Crippen molar-refractivity contribution in [2.75, 3.05) is 23.9 Å². The summed E-state index contributed by atoms with van der Waals surface area (Å²) in [5.41, 5.74) is 0.930. The number of carboxylic acids is 1. The van der Waals surface area contributed by atoms with Crippen molar-refractivity contribution in [3.8, 4) is 11.5 Å². The molecule has 3 N–H and O–H groups in total. The van der Waals surface area contributed by atoms with Gasteiger partial charge in [-0.2, -0.15) is 0 Å². The summed E-state index contributed by atoms with van der Waals surface area (Å²) in [4.78, 5) is 42.6. The number of anilines is 2. The Morgan fingerprint density at radius 2 is 1.81 bits per heavy atom. The van der Waals surface area contributed by atoms with Gasteiger partial charge in [0.05, 0.1) is 30.3 Å². The number of aromatic nitrogens is 1. The van der Waals surface area contributed by atoms with Crippen LogP contribution < -0.4 is 15.0 Å². The van der Waals surface area contributed by atoms with Gasteiger partial charge >= 0.3 is 5.97 Å². The number of amides is 1. The summed E-state index contributed by atoms with van der Waals surface area (Å²) in [6.45, 7) is 0.275. The van der Waals surface area contributed by atoms with Gasteiger partial charge in [0.15, 0.2) is 17.3 Å². The maximum absolute atomic E-state index is 14.6. The molecule has 0 unspecified atom stereocenters. The van der Waals surface area contributed by atoms with E-state index in [0.717, 1.165) is 0 Å². The third kappa shape index (κ3) is 4.78. The number of halogens is 1. The first kappa shape index (κ1) is 24.1. The highest BCUT2D eigenvalue weighted by atomic mass is 19.1. The molecule has 10 heteroatoms. The zero-order valence-electron chi connectivity index (χ0n) is 18.9. The number of hydrogen-bond acceptors (Lipinski definition) is 7. The average Bonchev–Trinajstić information content (AvgIpc) is 2.89. The molecule has 3 aromatic rings. The van der Waals surface area contributed by atoms with Gasteiger partial charge < -0.3 is 25.2 Å². The molecule has 0 atom stereocenters. The van der Waals surface area contributed by atoms with Crippen molar-refractivity contribution in [1.82, 2.24) is 4.98 Å². The Kier molecular flexibility index (Phi) is 6.77. The molecule has 2 aromatic carbocycles. The standard InChI is InChI=1S/C26H20FN3O6/c1-36-21-7-6-20(31)22(23(21)27)24(32)15-2-4-16(5-3-15)25(33)29-18-8-11-28-14-19(18)30-12-9-17(10-13-30)26(34)35/h2-12,14,31H,13H2,1H3,(H,34,35)(H,28,29,33). The number of ether oxygens (including phenoxy) is 1. The minimum Gasteiger partial charge on any atom is -0.507 e. The van der Waals surface area contributed by atoms with Gasteiger partial charge in [0.1, 0.15) is 11.3 Å². The Morgan fingerprint density at radius 1 is 1.08 bits per heavy atom. The lowest BCUT2D eigenvalue weighted by Crippen LogP contribution is -2.23. The maximum atomic E-state index is 14.6. The van der Waals surface area contributed by atoms with Gasteiger partial charge in [0.25, 0.3) is 5.91 Å². The molecule has 1 aliphatic heterocycles. The van der Waals surface area contributed by atoms with Gasteiger partial charge in [-0.1, -0.05) is 18.2 Å². The largest absolute Gasteiger partial charge is 0.507 e. The van der Waals surface area contributed by atoms with Gasteiger partial charge in [-0.25, -0.2) is 9.18 Å². The molecule has 0 bridgehead atoms. The molecule has 1 amide bonds. The topological polar surface area (TPSA) is 129 Å². The van der Waals surface area contributed by atoms with Gasteiger partial charge in [-0.05, 0) is 36.4 Å². The molecule has 0 aliphatic carbocycles. The van der Waals surface area contributed by atoms with E-state index in [1.54, 1.807) is 23.2 Å². The normalized spacial score (nSPS) is 12.6. The Labute approximate surface area is 204 Å². The highest BCUT2D eigenvalue weighted by Gasteiger charge is 2.22. The number of methoxy groups -OCH3 is 1. The van der Waals surface area contributed by atoms with Crippen molar-refractivity contribution in [3.05, 3.63) is 101 Å². The monoisotopic (exact) mass is 489 g/mol. The Morgan fingerprint density at radius 3 is 2.44 bits per heavy atom. The van der Waals surface area contributed by atoms with E-state index in [2.05, 4.69) is 10.3 Å². The van der Waals surface area contributed by atoms with Crippen LogP contribution in [-0.2, 0) is 4.79 Å². The third-order valence-electron chi connectivity index (χ3n) is 5.49.